The summed E-state index contributed by atoms with van der Waals surface area (Å²) < 4.78 is 20.0. The molecule has 112 valence electrons. The van der Waals surface area contributed by atoms with E-state index in [-0.39, 0.29) is 6.42 Å². The van der Waals surface area contributed by atoms with Crippen LogP contribution in [0, 0.1) is 5.82 Å². The van der Waals surface area contributed by atoms with Gasteiger partial charge < -0.3 is 20.7 Å². The van der Waals surface area contributed by atoms with Gasteiger partial charge in [0.1, 0.15) is 11.8 Å². The first-order valence-electron chi connectivity index (χ1n) is 5.93. The minimum absolute atomic E-state index is 0.0616. The number of hydrogen-bond donors (Lipinski definition) is 3. The number of nitrogen functional groups attached to an aromatic ring is 1. The monoisotopic (exact) mass is 305 g/mol. The number of nitrogens with two attached hydrogens (primary N) is 1. The Morgan fingerprint density at radius 1 is 1.75 bits per heavy atom. The summed E-state index contributed by atoms with van der Waals surface area (Å²) >= 11 is 1.39. The summed E-state index contributed by atoms with van der Waals surface area (Å²) in [6.07, 6.45) is 0.912. The van der Waals surface area contributed by atoms with Gasteiger partial charge in [0.25, 0.3) is 0 Å². The molecule has 2 heterocycles. The lowest BCUT2D eigenvalue weighted by Crippen LogP contribution is -2.45. The van der Waals surface area contributed by atoms with E-state index >= 15 is 0 Å². The Hall–Kier alpha value is -1.16. The smallest absolute Gasteiger partial charge is 0.351 e. The lowest BCUT2D eigenvalue weighted by molar-refractivity contribution is -0.113. The van der Waals surface area contributed by atoms with Gasteiger partial charge in [0, 0.05) is 12.2 Å². The zero-order chi connectivity index (χ0) is 14.9. The number of ether oxygens (including phenoxy) is 1. The van der Waals surface area contributed by atoms with Gasteiger partial charge in [-0.15, -0.1) is 0 Å². The first-order chi connectivity index (χ1) is 9.43. The van der Waals surface area contributed by atoms with E-state index in [4.69, 9.17) is 10.5 Å². The fourth-order valence-corrected chi connectivity index (χ4v) is 3.04. The molecule has 0 unspecified atom stereocenters. The summed E-state index contributed by atoms with van der Waals surface area (Å²) in [5.41, 5.74) is 3.28. The molecule has 1 aliphatic heterocycles. The largest absolute Gasteiger partial charge is 0.393 e. The zero-order valence-corrected chi connectivity index (χ0v) is 11.6. The van der Waals surface area contributed by atoms with Gasteiger partial charge in [-0.3, -0.25) is 4.57 Å². The SMILES string of the molecule is CSC[C@]1(CO)O[C@@H](n2cc(F)c(N)nc2=O)C[C@@H]1O. The van der Waals surface area contributed by atoms with Crippen LogP contribution in [-0.2, 0) is 4.74 Å². The predicted octanol–water partition coefficient (Wildman–Crippen LogP) is -0.662. The summed E-state index contributed by atoms with van der Waals surface area (Å²) in [7, 11) is 0. The number of halogens is 1. The summed E-state index contributed by atoms with van der Waals surface area (Å²) in [4.78, 5) is 15.1. The third-order valence-corrected chi connectivity index (χ3v) is 4.08. The van der Waals surface area contributed by atoms with Gasteiger partial charge in [-0.05, 0) is 6.26 Å². The molecule has 3 atom stereocenters. The van der Waals surface area contributed by atoms with Crippen LogP contribution >= 0.6 is 11.8 Å². The molecule has 0 aromatic carbocycles. The normalized spacial score (nSPS) is 29.8. The Balaban J connectivity index is 2.33. The highest BCUT2D eigenvalue weighted by Crippen LogP contribution is 2.37. The zero-order valence-electron chi connectivity index (χ0n) is 10.8. The molecule has 0 saturated carbocycles. The van der Waals surface area contributed by atoms with Crippen molar-refractivity contribution in [2.24, 2.45) is 0 Å². The highest BCUT2D eigenvalue weighted by Gasteiger charge is 2.48. The quantitative estimate of drug-likeness (QED) is 0.677. The van der Waals surface area contributed by atoms with Crippen molar-refractivity contribution in [2.45, 2.75) is 24.4 Å². The van der Waals surface area contributed by atoms with Crippen LogP contribution in [0.25, 0.3) is 0 Å². The van der Waals surface area contributed by atoms with Gasteiger partial charge in [0.2, 0.25) is 0 Å². The second-order valence-corrected chi connectivity index (χ2v) is 5.51. The van der Waals surface area contributed by atoms with E-state index in [1.807, 2.05) is 0 Å². The maximum absolute atomic E-state index is 13.4. The third kappa shape index (κ3) is 2.53. The molecule has 7 nitrogen and oxygen atoms in total. The molecular weight excluding hydrogens is 289 g/mol. The molecule has 1 aromatic heterocycles. The Bertz CT molecular complexity index is 555. The van der Waals surface area contributed by atoms with Gasteiger partial charge in [-0.25, -0.2) is 9.18 Å². The van der Waals surface area contributed by atoms with Crippen LogP contribution in [-0.4, -0.2) is 50.1 Å². The van der Waals surface area contributed by atoms with Crippen LogP contribution in [0.15, 0.2) is 11.0 Å². The summed E-state index contributed by atoms with van der Waals surface area (Å²) in [6.45, 7) is -0.398. The molecule has 0 bridgehead atoms. The van der Waals surface area contributed by atoms with Crippen LogP contribution in [0.2, 0.25) is 0 Å². The van der Waals surface area contributed by atoms with Crippen molar-refractivity contribution < 1.29 is 19.3 Å². The number of nitrogens with zero attached hydrogens (tertiary/aromatic N) is 2. The second-order valence-electron chi connectivity index (χ2n) is 4.64. The maximum atomic E-state index is 13.4. The standard InChI is InChI=1S/C11H16FN3O4S/c1-20-5-11(4-16)7(17)2-8(19-11)15-3-6(12)9(13)14-10(15)18/h3,7-8,16-17H,2,4-5H2,1H3,(H2,13,14,18)/t7-,8+,11-/m0/s1. The average Bonchev–Trinajstić information content (AvgIpc) is 2.72. The predicted molar refractivity (Wildman–Crippen MR) is 71.8 cm³/mol. The molecule has 0 radical (unpaired) electrons. The molecule has 4 N–H and O–H groups in total. The minimum Gasteiger partial charge on any atom is -0.393 e. The molecule has 1 aliphatic rings. The van der Waals surface area contributed by atoms with Gasteiger partial charge in [0.05, 0.1) is 18.9 Å². The molecule has 1 aromatic rings. The van der Waals surface area contributed by atoms with Crippen molar-refractivity contribution in [3.63, 3.8) is 0 Å². The Morgan fingerprint density at radius 2 is 2.45 bits per heavy atom. The summed E-state index contributed by atoms with van der Waals surface area (Å²) in [5, 5.41) is 19.5. The van der Waals surface area contributed by atoms with Crippen LogP contribution in [0.5, 0.6) is 0 Å². The van der Waals surface area contributed by atoms with Gasteiger partial charge in [0.15, 0.2) is 11.6 Å². The Labute approximate surface area is 118 Å². The lowest BCUT2D eigenvalue weighted by atomic mass is 10.0. The lowest BCUT2D eigenvalue weighted by Gasteiger charge is -2.29. The first kappa shape index (κ1) is 15.2. The van der Waals surface area contributed by atoms with E-state index in [0.29, 0.717) is 5.75 Å². The molecule has 9 heteroatoms. The number of hydrogen-bond acceptors (Lipinski definition) is 7. The summed E-state index contributed by atoms with van der Waals surface area (Å²) in [5.74, 6) is -0.975. The van der Waals surface area contributed by atoms with Crippen LogP contribution in [0.1, 0.15) is 12.6 Å². The van der Waals surface area contributed by atoms with Gasteiger partial charge in [-0.2, -0.15) is 16.7 Å². The number of aliphatic hydroxyl groups excluding tert-OH is 2. The molecule has 0 amide bonds. The van der Waals surface area contributed by atoms with E-state index in [2.05, 4.69) is 4.98 Å². The fraction of sp³-hybridized carbons (Fsp3) is 0.636. The molecule has 1 fully saturated rings. The third-order valence-electron chi connectivity index (χ3n) is 3.30. The molecule has 20 heavy (non-hydrogen) atoms. The number of aliphatic hydroxyl groups is 2. The van der Waals surface area contributed by atoms with E-state index in [1.165, 1.54) is 11.8 Å². The van der Waals surface area contributed by atoms with Crippen LogP contribution in [0.4, 0.5) is 10.2 Å². The highest BCUT2D eigenvalue weighted by atomic mass is 32.2. The molecule has 2 rings (SSSR count). The fourth-order valence-electron chi connectivity index (χ4n) is 2.20. The number of rotatable bonds is 4. The van der Waals surface area contributed by atoms with Crippen molar-refractivity contribution in [3.8, 4) is 0 Å². The van der Waals surface area contributed by atoms with Crippen LogP contribution in [0.3, 0.4) is 0 Å². The van der Waals surface area contributed by atoms with Crippen LogP contribution < -0.4 is 11.4 Å². The molecule has 0 aliphatic carbocycles. The number of thioether (sulfide) groups is 1. The number of anilines is 1. The van der Waals surface area contributed by atoms with E-state index in [9.17, 15) is 19.4 Å². The highest BCUT2D eigenvalue weighted by molar-refractivity contribution is 7.98. The van der Waals surface area contributed by atoms with Crippen molar-refractivity contribution in [1.82, 2.24) is 9.55 Å². The minimum atomic E-state index is -1.17. The van der Waals surface area contributed by atoms with E-state index in [0.717, 1.165) is 10.8 Å². The second kappa shape index (κ2) is 5.68. The number of aromatic nitrogens is 2. The Kier molecular flexibility index (Phi) is 4.33. The van der Waals surface area contributed by atoms with Gasteiger partial charge in [-0.1, -0.05) is 0 Å². The topological polar surface area (TPSA) is 111 Å². The van der Waals surface area contributed by atoms with Crippen molar-refractivity contribution in [1.29, 1.82) is 0 Å². The van der Waals surface area contributed by atoms with Crippen molar-refractivity contribution >= 4 is 17.6 Å². The van der Waals surface area contributed by atoms with Crippen molar-refractivity contribution in [3.05, 3.63) is 22.5 Å². The van der Waals surface area contributed by atoms with E-state index in [1.54, 1.807) is 6.26 Å². The molecular formula is C11H16FN3O4S. The molecule has 0 spiro atoms. The maximum Gasteiger partial charge on any atom is 0.351 e. The Morgan fingerprint density at radius 3 is 3.05 bits per heavy atom. The average molecular weight is 305 g/mol. The van der Waals surface area contributed by atoms with Crippen molar-refractivity contribution in [2.75, 3.05) is 24.3 Å². The van der Waals surface area contributed by atoms with Gasteiger partial charge >= 0.3 is 5.69 Å². The van der Waals surface area contributed by atoms with E-state index < -0.39 is 41.9 Å². The summed E-state index contributed by atoms with van der Waals surface area (Å²) in [6, 6.07) is 0. The molecule has 1 saturated heterocycles. The first-order valence-corrected chi connectivity index (χ1v) is 7.32.